The summed E-state index contributed by atoms with van der Waals surface area (Å²) in [4.78, 5) is 14.7. The van der Waals surface area contributed by atoms with Crippen molar-refractivity contribution in [3.63, 3.8) is 0 Å². The summed E-state index contributed by atoms with van der Waals surface area (Å²) >= 11 is -1.98. The van der Waals surface area contributed by atoms with Gasteiger partial charge in [-0.1, -0.05) is 81.1 Å². The smallest absolute Gasteiger partial charge is 0.216 e. The van der Waals surface area contributed by atoms with Gasteiger partial charge in [0, 0.05) is 36.9 Å². The van der Waals surface area contributed by atoms with Crippen LogP contribution in [0.15, 0.2) is 132 Å². The number of pyridine rings is 2. The first-order chi connectivity index (χ1) is 31.1. The van der Waals surface area contributed by atoms with Gasteiger partial charge in [0.15, 0.2) is 0 Å². The Morgan fingerprint density at radius 3 is 2.00 bits per heavy atom. The molecule has 0 aliphatic heterocycles. The van der Waals surface area contributed by atoms with Gasteiger partial charge in [-0.3, -0.25) is 4.98 Å². The Morgan fingerprint density at radius 2 is 1.36 bits per heavy atom. The molecule has 9 rings (SSSR count). The number of rotatable bonds is 11. The molecule has 0 N–H and O–H groups in total. The molecule has 0 bridgehead atoms. The summed E-state index contributed by atoms with van der Waals surface area (Å²) < 4.78 is 10.3. The Morgan fingerprint density at radius 1 is 0.697 bits per heavy atom. The molecule has 0 aliphatic carbocycles. The SMILES string of the molecule is CCC(C)(CC)C(C)c1cc(-c2[c-]cccc2)nc[c]1[Ge]([CH3])([CH3])[CH3].Cc1ccc2c(n1)oc1c(-c3nc4ccccc4n3-c3c(C(C)C)cc(-c4ccccc4)cc3C(C)C)[c-]ccc12.[Ir]. The molecule has 0 saturated heterocycles. The Labute approximate surface area is 409 Å². The maximum Gasteiger partial charge on any atom is 0.216 e. The molecule has 4 heterocycles. The summed E-state index contributed by atoms with van der Waals surface area (Å²) in [6, 6.07) is 49.2. The molecule has 0 saturated carbocycles. The fraction of sp³-hybridized carbons (Fsp3) is 0.305. The maximum atomic E-state index is 6.44. The van der Waals surface area contributed by atoms with Crippen molar-refractivity contribution in [1.82, 2.24) is 19.5 Å². The molecule has 5 aromatic carbocycles. The molecule has 9 aromatic rings. The number of imidazole rings is 1. The van der Waals surface area contributed by atoms with E-state index in [1.807, 2.05) is 37.3 Å². The normalized spacial score (nSPS) is 12.5. The van der Waals surface area contributed by atoms with E-state index in [0.29, 0.717) is 28.9 Å². The van der Waals surface area contributed by atoms with Gasteiger partial charge in [-0.25, -0.2) is 4.98 Å². The number of hydrogen-bond donors (Lipinski definition) is 0. The van der Waals surface area contributed by atoms with Gasteiger partial charge in [0.1, 0.15) is 0 Å². The van der Waals surface area contributed by atoms with Crippen molar-refractivity contribution >= 4 is 50.8 Å². The van der Waals surface area contributed by atoms with Gasteiger partial charge >= 0.3 is 151 Å². The summed E-state index contributed by atoms with van der Waals surface area (Å²) in [6.45, 7) is 20.6. The third kappa shape index (κ3) is 9.52. The van der Waals surface area contributed by atoms with Crippen molar-refractivity contribution in [3.05, 3.63) is 162 Å². The second-order valence-electron chi connectivity index (χ2n) is 19.7. The topological polar surface area (TPSA) is 56.7 Å². The molecule has 1 unspecified atom stereocenters. The van der Waals surface area contributed by atoms with E-state index in [4.69, 9.17) is 14.4 Å². The van der Waals surface area contributed by atoms with Crippen LogP contribution in [-0.4, -0.2) is 32.8 Å². The summed E-state index contributed by atoms with van der Waals surface area (Å²) in [5, 5.41) is 2.02. The number of fused-ring (bicyclic) bond motifs is 4. The Balaban J connectivity index is 0.000000223. The van der Waals surface area contributed by atoms with Crippen LogP contribution in [-0.2, 0) is 20.1 Å². The van der Waals surface area contributed by atoms with E-state index in [1.54, 1.807) is 4.40 Å². The number of nitrogens with zero attached hydrogens (tertiary/aromatic N) is 4. The fourth-order valence-electron chi connectivity index (χ4n) is 9.31. The fourth-order valence-corrected chi connectivity index (χ4v) is 12.7. The number of benzene rings is 5. The quantitative estimate of drug-likeness (QED) is 0.0957. The van der Waals surface area contributed by atoms with Gasteiger partial charge in [0.25, 0.3) is 0 Å². The van der Waals surface area contributed by atoms with E-state index in [-0.39, 0.29) is 20.1 Å². The van der Waals surface area contributed by atoms with Gasteiger partial charge < -0.3 is 8.98 Å². The average molecular weight is 1110 g/mol. The summed E-state index contributed by atoms with van der Waals surface area (Å²) in [7, 11) is 0. The zero-order valence-electron chi connectivity index (χ0n) is 40.8. The van der Waals surface area contributed by atoms with E-state index in [2.05, 4.69) is 192 Å². The van der Waals surface area contributed by atoms with Gasteiger partial charge in [-0.2, -0.15) is 0 Å². The van der Waals surface area contributed by atoms with Crippen molar-refractivity contribution in [1.29, 1.82) is 0 Å². The maximum absolute atomic E-state index is 6.44. The minimum absolute atomic E-state index is 0. The third-order valence-corrected chi connectivity index (χ3v) is 18.1. The number of aromatic nitrogens is 4. The first-order valence-electron chi connectivity index (χ1n) is 23.5. The molecular formula is C59H64GeIrN4O-2. The third-order valence-electron chi connectivity index (χ3n) is 13.8. The minimum Gasteiger partial charge on any atom is -0.486 e. The van der Waals surface area contributed by atoms with E-state index < -0.39 is 13.3 Å². The van der Waals surface area contributed by atoms with Crippen LogP contribution < -0.4 is 4.40 Å². The van der Waals surface area contributed by atoms with Crippen molar-refractivity contribution < 1.29 is 24.5 Å². The molecule has 1 radical (unpaired) electrons. The first kappa shape index (κ1) is 48.8. The van der Waals surface area contributed by atoms with Crippen LogP contribution in [0.1, 0.15) is 108 Å². The monoisotopic (exact) mass is 1110 g/mol. The predicted octanol–water partition coefficient (Wildman–Crippen LogP) is 16.0. The first-order valence-corrected chi connectivity index (χ1v) is 30.9. The second kappa shape index (κ2) is 20.0. The molecule has 341 valence electrons. The van der Waals surface area contributed by atoms with Crippen LogP contribution in [0.4, 0.5) is 0 Å². The Bertz CT molecular complexity index is 3070. The van der Waals surface area contributed by atoms with Gasteiger partial charge in [-0.05, 0) is 77.4 Å². The molecule has 0 aliphatic rings. The Kier molecular flexibility index (Phi) is 14.8. The molecule has 0 fully saturated rings. The van der Waals surface area contributed by atoms with Gasteiger partial charge in [0.05, 0.1) is 22.4 Å². The average Bonchev–Trinajstić information content (AvgIpc) is 3.89. The zero-order valence-corrected chi connectivity index (χ0v) is 45.3. The molecule has 0 amide bonds. The number of aryl methyl sites for hydroxylation is 1. The second-order valence-corrected chi connectivity index (χ2v) is 30.3. The molecule has 7 heteroatoms. The number of hydrogen-bond acceptors (Lipinski definition) is 4. The summed E-state index contributed by atoms with van der Waals surface area (Å²) in [5.41, 5.74) is 15.4. The van der Waals surface area contributed by atoms with Crippen LogP contribution >= 0.6 is 0 Å². The van der Waals surface area contributed by atoms with Crippen LogP contribution in [0.3, 0.4) is 0 Å². The van der Waals surface area contributed by atoms with Crippen molar-refractivity contribution in [3.8, 4) is 39.5 Å². The number of furan rings is 1. The van der Waals surface area contributed by atoms with Crippen LogP contribution in [0.25, 0.3) is 72.6 Å². The standard InChI is InChI=1S/C37H32N3O.C22H32GeN.Ir/c1-22(2)30-20-26(25-12-7-6-8-13-25)21-31(23(3)4)34(30)40-33-17-10-9-16-32(33)39-36(40)29-15-11-14-27-28-19-18-24(5)38-37(28)41-35(27)29;1-8-22(4,9-2)17(3)19-15-21(18-13-11-10-12-14-18)24-16-20(19)23(5,6)7;/h6-14,16-23H,1-5H3;10-13,15-17H,8-9H2,1-7H3;/q2*-1;. The van der Waals surface area contributed by atoms with Crippen molar-refractivity contribution in [2.45, 2.75) is 110 Å². The summed E-state index contributed by atoms with van der Waals surface area (Å²) in [5.74, 6) is 9.35. The van der Waals surface area contributed by atoms with Gasteiger partial charge in [-0.15, -0.1) is 18.2 Å². The molecule has 4 aromatic heterocycles. The minimum atomic E-state index is -1.98. The molecule has 5 nitrogen and oxygen atoms in total. The molecular weight excluding hydrogens is 1050 g/mol. The van der Waals surface area contributed by atoms with Crippen LogP contribution in [0.2, 0.25) is 17.3 Å². The zero-order chi connectivity index (χ0) is 46.2. The van der Waals surface area contributed by atoms with Crippen LogP contribution in [0, 0.1) is 24.5 Å². The molecule has 1 atom stereocenters. The molecule has 66 heavy (non-hydrogen) atoms. The van der Waals surface area contributed by atoms with E-state index in [1.165, 1.54) is 46.3 Å². The predicted molar refractivity (Wildman–Crippen MR) is 277 cm³/mol. The Hall–Kier alpha value is -5.14. The van der Waals surface area contributed by atoms with Crippen LogP contribution in [0.5, 0.6) is 0 Å². The van der Waals surface area contributed by atoms with Crippen molar-refractivity contribution in [2.24, 2.45) is 5.41 Å². The number of para-hydroxylation sites is 2. The van der Waals surface area contributed by atoms with Gasteiger partial charge in [0.2, 0.25) is 5.71 Å². The van der Waals surface area contributed by atoms with E-state index in [0.717, 1.165) is 55.7 Å². The van der Waals surface area contributed by atoms with E-state index in [9.17, 15) is 0 Å². The largest absolute Gasteiger partial charge is 0.486 e. The summed E-state index contributed by atoms with van der Waals surface area (Å²) in [6.07, 6.45) is 4.58. The van der Waals surface area contributed by atoms with Crippen molar-refractivity contribution in [2.75, 3.05) is 0 Å². The van der Waals surface area contributed by atoms with E-state index >= 15 is 0 Å². The molecule has 0 spiro atoms.